The highest BCUT2D eigenvalue weighted by Crippen LogP contribution is 2.50. The van der Waals surface area contributed by atoms with Gasteiger partial charge in [0.05, 0.1) is 25.3 Å². The van der Waals surface area contributed by atoms with E-state index in [9.17, 15) is 14.4 Å². The van der Waals surface area contributed by atoms with Gasteiger partial charge in [0, 0.05) is 17.3 Å². The van der Waals surface area contributed by atoms with Gasteiger partial charge < -0.3 is 24.2 Å². The fourth-order valence-corrected chi connectivity index (χ4v) is 4.37. The topological polar surface area (TPSA) is 86.6 Å². The monoisotopic (exact) mass is 432 g/mol. The van der Waals surface area contributed by atoms with Gasteiger partial charge in [-0.3, -0.25) is 9.59 Å². The molecular weight excluding hydrogens is 408 g/mol. The van der Waals surface area contributed by atoms with Gasteiger partial charge in [-0.2, -0.15) is 0 Å². The molecule has 164 valence electrons. The van der Waals surface area contributed by atoms with Crippen LogP contribution in [0.3, 0.4) is 0 Å². The lowest BCUT2D eigenvalue weighted by Crippen LogP contribution is -2.41. The van der Waals surface area contributed by atoms with Crippen molar-refractivity contribution < 1.29 is 19.1 Å². The van der Waals surface area contributed by atoms with Gasteiger partial charge in [0.2, 0.25) is 0 Å². The van der Waals surface area contributed by atoms with Crippen molar-refractivity contribution in [1.82, 2.24) is 9.88 Å². The van der Waals surface area contributed by atoms with Gasteiger partial charge in [0.15, 0.2) is 11.5 Å². The molecule has 5 rings (SSSR count). The number of amides is 1. The van der Waals surface area contributed by atoms with E-state index in [-0.39, 0.29) is 16.5 Å². The molecule has 1 spiro atoms. The predicted octanol–water partition coefficient (Wildman–Crippen LogP) is 2.72. The summed E-state index contributed by atoms with van der Waals surface area (Å²) in [6.45, 7) is 1.00. The fourth-order valence-electron chi connectivity index (χ4n) is 4.37. The molecule has 1 aliphatic heterocycles. The summed E-state index contributed by atoms with van der Waals surface area (Å²) in [6.07, 6.45) is 3.00. The summed E-state index contributed by atoms with van der Waals surface area (Å²) < 4.78 is 13.2. The first-order valence-corrected chi connectivity index (χ1v) is 10.7. The minimum atomic E-state index is -0.728. The summed E-state index contributed by atoms with van der Waals surface area (Å²) in [4.78, 5) is 38.2. The van der Waals surface area contributed by atoms with Gasteiger partial charge in [0.25, 0.3) is 11.5 Å². The smallest absolute Gasteiger partial charge is 0.264 e. The maximum Gasteiger partial charge on any atom is 0.264 e. The van der Waals surface area contributed by atoms with Crippen LogP contribution in [-0.2, 0) is 17.8 Å². The highest BCUT2D eigenvalue weighted by molar-refractivity contribution is 6.00. The number of nitrogens with zero attached hydrogens (tertiary/aromatic N) is 1. The third-order valence-corrected chi connectivity index (χ3v) is 6.39. The third-order valence-electron chi connectivity index (χ3n) is 6.39. The minimum absolute atomic E-state index is 0.0197. The average molecular weight is 432 g/mol. The first-order valence-electron chi connectivity index (χ1n) is 10.7. The van der Waals surface area contributed by atoms with Gasteiger partial charge in [-0.25, -0.2) is 0 Å². The van der Waals surface area contributed by atoms with Crippen LogP contribution >= 0.6 is 0 Å². The second-order valence-electron chi connectivity index (χ2n) is 8.68. The third kappa shape index (κ3) is 3.53. The molecule has 3 aromatic rings. The molecule has 1 aromatic heterocycles. The number of nitrogens with one attached hydrogen (secondary N) is 1. The molecule has 32 heavy (non-hydrogen) atoms. The molecule has 0 bridgehead atoms. The Morgan fingerprint density at radius 2 is 2.03 bits per heavy atom. The Kier molecular flexibility index (Phi) is 4.96. The van der Waals surface area contributed by atoms with E-state index in [0.717, 1.165) is 18.4 Å². The first kappa shape index (κ1) is 20.3. The molecule has 1 atom stereocenters. The number of rotatable bonds is 6. The summed E-state index contributed by atoms with van der Waals surface area (Å²) in [5.41, 5.74) is 1.12. The largest absolute Gasteiger partial charge is 0.493 e. The molecule has 7 heteroatoms. The first-order chi connectivity index (χ1) is 15.5. The molecule has 1 saturated carbocycles. The van der Waals surface area contributed by atoms with Crippen molar-refractivity contribution in [2.24, 2.45) is 5.41 Å². The van der Waals surface area contributed by atoms with Gasteiger partial charge in [-0.05, 0) is 43.0 Å². The van der Waals surface area contributed by atoms with Crippen LogP contribution in [0.4, 0.5) is 0 Å². The summed E-state index contributed by atoms with van der Waals surface area (Å²) in [6, 6.07) is 13.9. The number of aldehydes is 1. The second kappa shape index (κ2) is 7.82. The molecule has 2 aromatic carbocycles. The van der Waals surface area contributed by atoms with Gasteiger partial charge in [-0.1, -0.05) is 30.3 Å². The maximum absolute atomic E-state index is 13.5. The van der Waals surface area contributed by atoms with Crippen molar-refractivity contribution in [3.05, 3.63) is 70.0 Å². The Hall–Kier alpha value is -3.61. The molecule has 0 unspecified atom stereocenters. The van der Waals surface area contributed by atoms with Crippen molar-refractivity contribution in [1.29, 1.82) is 0 Å². The van der Waals surface area contributed by atoms with E-state index >= 15 is 0 Å². The standard InChI is InChI=1S/C25H24N2O5/c1-31-20-8-7-17-12-19(23(29)26-18(13-28)11-16-5-3-2-4-6-16)24(30)27-14-25(9-10-25)15-32-22(20)21(17)27/h2-8,12-13,18H,9-11,14-15H2,1H3,(H,26,29)/t18-/m0/s1. The van der Waals surface area contributed by atoms with Crippen LogP contribution in [0.2, 0.25) is 0 Å². The Bertz CT molecular complexity index is 1260. The van der Waals surface area contributed by atoms with Crippen LogP contribution < -0.4 is 20.3 Å². The van der Waals surface area contributed by atoms with E-state index in [4.69, 9.17) is 9.47 Å². The number of benzene rings is 2. The molecule has 1 N–H and O–H groups in total. The van der Waals surface area contributed by atoms with E-state index in [1.807, 2.05) is 36.4 Å². The number of hydrogen-bond donors (Lipinski definition) is 1. The van der Waals surface area contributed by atoms with E-state index < -0.39 is 11.9 Å². The quantitative estimate of drug-likeness (QED) is 0.606. The second-order valence-corrected chi connectivity index (χ2v) is 8.68. The zero-order chi connectivity index (χ0) is 22.3. The number of hydrogen-bond acceptors (Lipinski definition) is 5. The van der Waals surface area contributed by atoms with Crippen LogP contribution in [-0.4, -0.2) is 36.5 Å². The molecule has 0 saturated heterocycles. The van der Waals surface area contributed by atoms with Gasteiger partial charge >= 0.3 is 0 Å². The molecule has 7 nitrogen and oxygen atoms in total. The molecule has 1 fully saturated rings. The summed E-state index contributed by atoms with van der Waals surface area (Å²) in [5, 5.41) is 3.44. The van der Waals surface area contributed by atoms with E-state index in [0.29, 0.717) is 48.3 Å². The Morgan fingerprint density at radius 1 is 1.25 bits per heavy atom. The number of pyridine rings is 1. The number of ether oxygens (including phenoxy) is 2. The summed E-state index contributed by atoms with van der Waals surface area (Å²) in [5.74, 6) is 0.540. The number of carbonyl (C=O) groups is 2. The zero-order valence-corrected chi connectivity index (χ0v) is 17.8. The molecule has 0 radical (unpaired) electrons. The lowest BCUT2D eigenvalue weighted by molar-refractivity contribution is -0.109. The molecule has 2 aliphatic rings. The fraction of sp³-hybridized carbons (Fsp3) is 0.320. The van der Waals surface area contributed by atoms with Gasteiger partial charge in [-0.15, -0.1) is 0 Å². The highest BCUT2D eigenvalue weighted by atomic mass is 16.5. The lowest BCUT2D eigenvalue weighted by atomic mass is 10.1. The van der Waals surface area contributed by atoms with Crippen LogP contribution in [0.25, 0.3) is 10.9 Å². The van der Waals surface area contributed by atoms with Crippen LogP contribution in [0, 0.1) is 5.41 Å². The van der Waals surface area contributed by atoms with E-state index in [1.165, 1.54) is 0 Å². The lowest BCUT2D eigenvalue weighted by Gasteiger charge is -2.17. The number of carbonyl (C=O) groups excluding carboxylic acids is 2. The van der Waals surface area contributed by atoms with Crippen LogP contribution in [0.15, 0.2) is 53.3 Å². The van der Waals surface area contributed by atoms with Crippen molar-refractivity contribution in [3.8, 4) is 11.5 Å². The predicted molar refractivity (Wildman–Crippen MR) is 119 cm³/mol. The zero-order valence-electron chi connectivity index (χ0n) is 17.8. The SMILES string of the molecule is COc1ccc2cc(C(=O)N[C@H](C=O)Cc3ccccc3)c(=O)n3c2c1OCC1(CC1)C3. The summed E-state index contributed by atoms with van der Waals surface area (Å²) >= 11 is 0. The van der Waals surface area contributed by atoms with Crippen LogP contribution in [0.1, 0.15) is 28.8 Å². The molecule has 2 heterocycles. The number of aromatic nitrogens is 1. The van der Waals surface area contributed by atoms with Crippen molar-refractivity contribution >= 4 is 23.1 Å². The number of methoxy groups -OCH3 is 1. The van der Waals surface area contributed by atoms with Crippen molar-refractivity contribution in [2.45, 2.75) is 31.8 Å². The molecule has 1 aliphatic carbocycles. The molecular formula is C25H24N2O5. The normalized spacial score (nSPS) is 16.7. The summed E-state index contributed by atoms with van der Waals surface area (Å²) in [7, 11) is 1.56. The highest BCUT2D eigenvalue weighted by Gasteiger charge is 2.46. The Morgan fingerprint density at radius 3 is 2.72 bits per heavy atom. The molecule has 1 amide bonds. The maximum atomic E-state index is 13.5. The minimum Gasteiger partial charge on any atom is -0.493 e. The average Bonchev–Trinajstić information content (AvgIpc) is 3.61. The van der Waals surface area contributed by atoms with Crippen LogP contribution in [0.5, 0.6) is 11.5 Å². The Balaban J connectivity index is 1.54. The van der Waals surface area contributed by atoms with E-state index in [2.05, 4.69) is 5.32 Å². The van der Waals surface area contributed by atoms with Crippen molar-refractivity contribution in [3.63, 3.8) is 0 Å². The van der Waals surface area contributed by atoms with Crippen molar-refractivity contribution in [2.75, 3.05) is 13.7 Å². The van der Waals surface area contributed by atoms with Gasteiger partial charge in [0.1, 0.15) is 11.8 Å². The Labute approximate surface area is 184 Å². The van der Waals surface area contributed by atoms with E-state index in [1.54, 1.807) is 23.8 Å².